The number of likely N-dealkylation sites (tertiary alicyclic amines) is 1. The largest absolute Gasteiger partial charge is 0.338 e. The second-order valence-electron chi connectivity index (χ2n) is 8.32. The van der Waals surface area contributed by atoms with Crippen LogP contribution in [0, 0.1) is 0 Å². The van der Waals surface area contributed by atoms with Gasteiger partial charge in [0.05, 0.1) is 0 Å². The molecular formula is C24H33N3O+2. The van der Waals surface area contributed by atoms with Gasteiger partial charge in [0.15, 0.2) is 6.04 Å². The fourth-order valence-electron chi connectivity index (χ4n) is 4.95. The van der Waals surface area contributed by atoms with Gasteiger partial charge in [-0.2, -0.15) is 0 Å². The Labute approximate surface area is 168 Å². The average Bonchev–Trinajstić information content (AvgIpc) is 3.30. The van der Waals surface area contributed by atoms with E-state index in [9.17, 15) is 4.79 Å². The first-order valence-electron chi connectivity index (χ1n) is 10.8. The van der Waals surface area contributed by atoms with Crippen LogP contribution in [-0.2, 0) is 4.79 Å². The minimum absolute atomic E-state index is 0.0894. The molecule has 28 heavy (non-hydrogen) atoms. The molecule has 1 atom stereocenters. The minimum Gasteiger partial charge on any atom is -0.338 e. The molecule has 2 fully saturated rings. The van der Waals surface area contributed by atoms with E-state index in [-0.39, 0.29) is 6.04 Å². The summed E-state index contributed by atoms with van der Waals surface area (Å²) in [6, 6.07) is 22.2. The lowest BCUT2D eigenvalue weighted by molar-refractivity contribution is -1.03. The first-order chi connectivity index (χ1) is 13.7. The average molecular weight is 380 g/mol. The Hall–Kier alpha value is -2.17. The molecule has 4 heteroatoms. The molecule has 2 aromatic carbocycles. The summed E-state index contributed by atoms with van der Waals surface area (Å²) in [5, 5.41) is 0. The smallest absolute Gasteiger partial charge is 0.280 e. The van der Waals surface area contributed by atoms with Crippen molar-refractivity contribution in [1.82, 2.24) is 4.90 Å². The van der Waals surface area contributed by atoms with Crippen molar-refractivity contribution in [2.75, 3.05) is 39.3 Å². The summed E-state index contributed by atoms with van der Waals surface area (Å²) in [6.07, 6.45) is 2.34. The summed E-state index contributed by atoms with van der Waals surface area (Å²) in [5.74, 6) is 0.360. The summed E-state index contributed by atoms with van der Waals surface area (Å²) < 4.78 is 0. The Balaban J connectivity index is 1.45. The number of rotatable bonds is 5. The van der Waals surface area contributed by atoms with Crippen LogP contribution in [0.15, 0.2) is 60.7 Å². The second kappa shape index (κ2) is 8.89. The molecule has 2 aromatic rings. The van der Waals surface area contributed by atoms with Crippen LogP contribution in [0.25, 0.3) is 0 Å². The first kappa shape index (κ1) is 19.2. The topological polar surface area (TPSA) is 29.2 Å². The van der Waals surface area contributed by atoms with Gasteiger partial charge in [0.1, 0.15) is 32.2 Å². The van der Waals surface area contributed by atoms with Crippen molar-refractivity contribution in [2.24, 2.45) is 0 Å². The van der Waals surface area contributed by atoms with Crippen LogP contribution >= 0.6 is 0 Å². The Morgan fingerprint density at radius 2 is 1.25 bits per heavy atom. The number of quaternary nitrogens is 2. The predicted octanol–water partition coefficient (Wildman–Crippen LogP) is 0.570. The minimum atomic E-state index is 0.0894. The number of hydrogen-bond donors (Lipinski definition) is 2. The molecule has 2 N–H and O–H groups in total. The zero-order valence-electron chi connectivity index (χ0n) is 16.9. The maximum Gasteiger partial charge on any atom is 0.280 e. The van der Waals surface area contributed by atoms with Crippen LogP contribution in [0.1, 0.15) is 36.9 Å². The lowest BCUT2D eigenvalue weighted by atomic mass is 9.96. The van der Waals surface area contributed by atoms with E-state index in [1.807, 2.05) is 0 Å². The van der Waals surface area contributed by atoms with Crippen LogP contribution in [0.4, 0.5) is 0 Å². The van der Waals surface area contributed by atoms with Gasteiger partial charge < -0.3 is 14.7 Å². The molecule has 148 valence electrons. The standard InChI is InChI=1S/C24H31N3O/c1-20(24(28)27-14-8-9-15-27)25-16-18-26(19-17-25)23(21-10-4-2-5-11-21)22-12-6-3-7-13-22/h2-7,10-13,20,23H,8-9,14-19H2,1H3/p+2/t20-/m0/s1. The van der Waals surface area contributed by atoms with Crippen LogP contribution in [0.2, 0.25) is 0 Å². The first-order valence-corrected chi connectivity index (χ1v) is 10.8. The van der Waals surface area contributed by atoms with E-state index in [1.54, 1.807) is 4.90 Å². The van der Waals surface area contributed by atoms with E-state index in [2.05, 4.69) is 72.5 Å². The van der Waals surface area contributed by atoms with Crippen molar-refractivity contribution in [3.63, 3.8) is 0 Å². The third kappa shape index (κ3) is 4.13. The number of carbonyl (C=O) groups is 1. The lowest BCUT2D eigenvalue weighted by Crippen LogP contribution is -3.30. The highest BCUT2D eigenvalue weighted by Crippen LogP contribution is 2.18. The monoisotopic (exact) mass is 379 g/mol. The quantitative estimate of drug-likeness (QED) is 0.782. The summed E-state index contributed by atoms with van der Waals surface area (Å²) in [6.45, 7) is 8.37. The molecule has 0 bridgehead atoms. The molecule has 0 saturated carbocycles. The second-order valence-corrected chi connectivity index (χ2v) is 8.32. The van der Waals surface area contributed by atoms with Crippen molar-refractivity contribution in [2.45, 2.75) is 31.8 Å². The van der Waals surface area contributed by atoms with E-state index < -0.39 is 0 Å². The lowest BCUT2D eigenvalue weighted by Gasteiger charge is -2.37. The highest BCUT2D eigenvalue weighted by Gasteiger charge is 2.37. The Kier molecular flexibility index (Phi) is 6.08. The van der Waals surface area contributed by atoms with E-state index in [0.29, 0.717) is 11.9 Å². The van der Waals surface area contributed by atoms with Gasteiger partial charge in [-0.3, -0.25) is 4.79 Å². The molecule has 0 aromatic heterocycles. The summed E-state index contributed by atoms with van der Waals surface area (Å²) >= 11 is 0. The SMILES string of the molecule is C[C@@H](C(=O)N1CCCC1)[NH+]1CC[NH+](C(c2ccccc2)c2ccccc2)CC1. The normalized spacial score (nSPS) is 23.7. The van der Waals surface area contributed by atoms with Crippen LogP contribution in [0.5, 0.6) is 0 Å². The summed E-state index contributed by atoms with van der Waals surface area (Å²) in [4.78, 5) is 17.9. The van der Waals surface area contributed by atoms with Gasteiger partial charge in [-0.05, 0) is 19.8 Å². The molecule has 0 radical (unpaired) electrons. The zero-order chi connectivity index (χ0) is 19.3. The Morgan fingerprint density at radius 1 is 0.786 bits per heavy atom. The Bertz CT molecular complexity index is 710. The molecule has 4 rings (SSSR count). The van der Waals surface area contributed by atoms with Gasteiger partial charge >= 0.3 is 0 Å². The molecular weight excluding hydrogens is 346 g/mol. The molecule has 0 unspecified atom stereocenters. The van der Waals surface area contributed by atoms with Gasteiger partial charge in [-0.1, -0.05) is 60.7 Å². The van der Waals surface area contributed by atoms with Crippen LogP contribution in [0.3, 0.4) is 0 Å². The summed E-state index contributed by atoms with van der Waals surface area (Å²) in [7, 11) is 0. The van der Waals surface area contributed by atoms with E-state index in [1.165, 1.54) is 28.9 Å². The van der Waals surface area contributed by atoms with Crippen molar-refractivity contribution >= 4 is 5.91 Å². The van der Waals surface area contributed by atoms with Crippen molar-refractivity contribution < 1.29 is 14.6 Å². The molecule has 1 amide bonds. The number of benzene rings is 2. The fraction of sp³-hybridized carbons (Fsp3) is 0.458. The number of amides is 1. The van der Waals surface area contributed by atoms with Crippen molar-refractivity contribution in [3.05, 3.63) is 71.8 Å². The number of piperazine rings is 1. The number of nitrogens with zero attached hydrogens (tertiary/aromatic N) is 1. The van der Waals surface area contributed by atoms with Crippen LogP contribution in [-0.4, -0.2) is 56.1 Å². The van der Waals surface area contributed by atoms with Crippen molar-refractivity contribution in [3.8, 4) is 0 Å². The number of carbonyl (C=O) groups excluding carboxylic acids is 1. The molecule has 2 heterocycles. The van der Waals surface area contributed by atoms with Gasteiger partial charge in [-0.25, -0.2) is 0 Å². The number of hydrogen-bond acceptors (Lipinski definition) is 1. The molecule has 2 aliphatic heterocycles. The maximum atomic E-state index is 12.8. The fourth-order valence-corrected chi connectivity index (χ4v) is 4.95. The summed E-state index contributed by atoms with van der Waals surface area (Å²) in [5.41, 5.74) is 2.77. The zero-order valence-corrected chi connectivity index (χ0v) is 16.9. The highest BCUT2D eigenvalue weighted by molar-refractivity contribution is 5.80. The third-order valence-electron chi connectivity index (χ3n) is 6.61. The van der Waals surface area contributed by atoms with Crippen LogP contribution < -0.4 is 9.80 Å². The molecule has 0 aliphatic carbocycles. The van der Waals surface area contributed by atoms with E-state index in [4.69, 9.17) is 0 Å². The van der Waals surface area contributed by atoms with Gasteiger partial charge in [0, 0.05) is 24.2 Å². The maximum absolute atomic E-state index is 12.8. The molecule has 0 spiro atoms. The van der Waals surface area contributed by atoms with E-state index in [0.717, 1.165) is 39.3 Å². The van der Waals surface area contributed by atoms with Gasteiger partial charge in [0.2, 0.25) is 0 Å². The molecule has 2 saturated heterocycles. The highest BCUT2D eigenvalue weighted by atomic mass is 16.2. The molecule has 2 aliphatic rings. The molecule has 4 nitrogen and oxygen atoms in total. The van der Waals surface area contributed by atoms with Gasteiger partial charge in [-0.15, -0.1) is 0 Å². The predicted molar refractivity (Wildman–Crippen MR) is 111 cm³/mol. The van der Waals surface area contributed by atoms with E-state index >= 15 is 0 Å². The Morgan fingerprint density at radius 3 is 1.75 bits per heavy atom. The third-order valence-corrected chi connectivity index (χ3v) is 6.61. The van der Waals surface area contributed by atoms with Gasteiger partial charge in [0.25, 0.3) is 5.91 Å². The van der Waals surface area contributed by atoms with Crippen molar-refractivity contribution in [1.29, 1.82) is 0 Å². The number of nitrogens with one attached hydrogen (secondary N) is 2.